The molecule has 8 heteroatoms. The highest BCUT2D eigenvalue weighted by molar-refractivity contribution is 7.22. The fourth-order valence-corrected chi connectivity index (χ4v) is 4.19. The fourth-order valence-electron chi connectivity index (χ4n) is 2.55. The van der Waals surface area contributed by atoms with Crippen LogP contribution in [0, 0.1) is 6.92 Å². The molecule has 0 saturated carbocycles. The molecular formula is C19H15N3O3S2. The number of amides is 1. The number of hydrogen-bond donors (Lipinski definition) is 1. The van der Waals surface area contributed by atoms with Crippen LogP contribution in [0.1, 0.15) is 5.69 Å². The number of rotatable bonds is 5. The summed E-state index contributed by atoms with van der Waals surface area (Å²) in [5.41, 5.74) is 1.55. The highest BCUT2D eigenvalue weighted by Gasteiger charge is 2.12. The summed E-state index contributed by atoms with van der Waals surface area (Å²) in [6.07, 6.45) is 0. The van der Waals surface area contributed by atoms with Gasteiger partial charge < -0.3 is 10.1 Å². The van der Waals surface area contributed by atoms with E-state index in [9.17, 15) is 9.59 Å². The first-order valence-corrected chi connectivity index (χ1v) is 9.86. The third-order valence-corrected chi connectivity index (χ3v) is 5.68. The van der Waals surface area contributed by atoms with Gasteiger partial charge in [0.05, 0.1) is 10.2 Å². The molecule has 0 aliphatic carbocycles. The second-order valence-electron chi connectivity index (χ2n) is 5.84. The third-order valence-electron chi connectivity index (χ3n) is 3.86. The molecule has 0 bridgehead atoms. The van der Waals surface area contributed by atoms with E-state index in [4.69, 9.17) is 4.74 Å². The van der Waals surface area contributed by atoms with Crippen molar-refractivity contribution in [1.29, 1.82) is 0 Å². The maximum atomic E-state index is 12.2. The first kappa shape index (κ1) is 17.4. The first-order chi connectivity index (χ1) is 13.1. The van der Waals surface area contributed by atoms with Gasteiger partial charge in [-0.05, 0) is 31.2 Å². The molecule has 4 aromatic rings. The van der Waals surface area contributed by atoms with Crippen molar-refractivity contribution in [3.05, 3.63) is 69.3 Å². The van der Waals surface area contributed by atoms with Crippen LogP contribution >= 0.6 is 22.7 Å². The van der Waals surface area contributed by atoms with Crippen LogP contribution in [0.3, 0.4) is 0 Å². The molecule has 2 aromatic carbocycles. The molecule has 0 atom stereocenters. The number of nitrogens with zero attached hydrogens (tertiary/aromatic N) is 2. The number of carbonyl (C=O) groups is 1. The highest BCUT2D eigenvalue weighted by atomic mass is 32.1. The molecule has 0 fully saturated rings. The zero-order valence-corrected chi connectivity index (χ0v) is 16.0. The van der Waals surface area contributed by atoms with Gasteiger partial charge in [-0.1, -0.05) is 40.9 Å². The second-order valence-corrected chi connectivity index (χ2v) is 7.69. The monoisotopic (exact) mass is 397 g/mol. The van der Waals surface area contributed by atoms with E-state index in [0.717, 1.165) is 33.0 Å². The fraction of sp³-hybridized carbons (Fsp3) is 0.105. The number of fused-ring (bicyclic) bond motifs is 1. The van der Waals surface area contributed by atoms with E-state index in [-0.39, 0.29) is 17.3 Å². The van der Waals surface area contributed by atoms with Crippen molar-refractivity contribution in [3.8, 4) is 11.5 Å². The number of anilines is 1. The van der Waals surface area contributed by atoms with Crippen molar-refractivity contribution in [1.82, 2.24) is 9.55 Å². The van der Waals surface area contributed by atoms with Gasteiger partial charge >= 0.3 is 4.87 Å². The smallest absolute Gasteiger partial charge is 0.307 e. The Hall–Kier alpha value is -2.97. The van der Waals surface area contributed by atoms with E-state index in [1.807, 2.05) is 48.5 Å². The number of hydrogen-bond acceptors (Lipinski definition) is 6. The average Bonchev–Trinajstić information content (AvgIpc) is 3.19. The van der Waals surface area contributed by atoms with E-state index in [0.29, 0.717) is 10.9 Å². The van der Waals surface area contributed by atoms with Crippen molar-refractivity contribution in [2.24, 2.45) is 0 Å². The molecule has 2 heterocycles. The summed E-state index contributed by atoms with van der Waals surface area (Å²) in [7, 11) is 0. The van der Waals surface area contributed by atoms with Crippen LogP contribution in [0.2, 0.25) is 0 Å². The third kappa shape index (κ3) is 3.91. The van der Waals surface area contributed by atoms with E-state index >= 15 is 0 Å². The van der Waals surface area contributed by atoms with Gasteiger partial charge in [0.2, 0.25) is 5.91 Å². The zero-order valence-electron chi connectivity index (χ0n) is 14.3. The second kappa shape index (κ2) is 7.34. The standard InChI is InChI=1S/C19H15N3O3S2/c1-12-11-26-19(24)22(12)10-17(23)21-18-20-15-8-7-14(9-16(15)27-18)25-13-5-3-2-4-6-13/h2-9,11H,10H2,1H3,(H,20,21,23). The Morgan fingerprint density at radius 3 is 2.74 bits per heavy atom. The number of carbonyl (C=O) groups excluding carboxylic acids is 1. The molecule has 4 rings (SSSR count). The number of aryl methyl sites for hydroxylation is 1. The van der Waals surface area contributed by atoms with Crippen molar-refractivity contribution in [3.63, 3.8) is 0 Å². The molecule has 2 aromatic heterocycles. The van der Waals surface area contributed by atoms with Crippen molar-refractivity contribution in [2.45, 2.75) is 13.5 Å². The molecule has 0 saturated heterocycles. The normalized spacial score (nSPS) is 10.9. The number of nitrogens with one attached hydrogen (secondary N) is 1. The molecule has 1 N–H and O–H groups in total. The highest BCUT2D eigenvalue weighted by Crippen LogP contribution is 2.31. The molecule has 27 heavy (non-hydrogen) atoms. The topological polar surface area (TPSA) is 73.2 Å². The Bertz CT molecular complexity index is 1160. The Morgan fingerprint density at radius 1 is 1.19 bits per heavy atom. The minimum absolute atomic E-state index is 0.0214. The Kier molecular flexibility index (Phi) is 4.74. The van der Waals surface area contributed by atoms with Crippen LogP contribution in [-0.4, -0.2) is 15.5 Å². The Morgan fingerprint density at radius 2 is 2.00 bits per heavy atom. The summed E-state index contributed by atoms with van der Waals surface area (Å²) in [6.45, 7) is 1.78. The van der Waals surface area contributed by atoms with Crippen LogP contribution in [0.25, 0.3) is 10.2 Å². The molecule has 0 spiro atoms. The van der Waals surface area contributed by atoms with E-state index in [2.05, 4.69) is 10.3 Å². The van der Waals surface area contributed by atoms with Crippen LogP contribution in [-0.2, 0) is 11.3 Å². The van der Waals surface area contributed by atoms with Gasteiger partial charge in [-0.15, -0.1) is 0 Å². The Labute approximate surface area is 162 Å². The lowest BCUT2D eigenvalue weighted by molar-refractivity contribution is -0.116. The van der Waals surface area contributed by atoms with E-state index in [1.165, 1.54) is 15.9 Å². The van der Waals surface area contributed by atoms with Crippen molar-refractivity contribution >= 4 is 43.9 Å². The maximum Gasteiger partial charge on any atom is 0.307 e. The van der Waals surface area contributed by atoms with Gasteiger partial charge in [-0.25, -0.2) is 4.98 Å². The zero-order chi connectivity index (χ0) is 18.8. The average molecular weight is 397 g/mol. The van der Waals surface area contributed by atoms with Crippen LogP contribution in [0.5, 0.6) is 11.5 Å². The summed E-state index contributed by atoms with van der Waals surface area (Å²) < 4.78 is 8.18. The molecule has 6 nitrogen and oxygen atoms in total. The molecule has 0 unspecified atom stereocenters. The number of benzene rings is 2. The predicted octanol–water partition coefficient (Wildman–Crippen LogP) is 4.26. The van der Waals surface area contributed by atoms with Crippen LogP contribution in [0.15, 0.2) is 58.7 Å². The minimum atomic E-state index is -0.279. The van der Waals surface area contributed by atoms with Gasteiger partial charge in [0.1, 0.15) is 18.0 Å². The summed E-state index contributed by atoms with van der Waals surface area (Å²) in [6, 6.07) is 15.1. The molecule has 0 radical (unpaired) electrons. The predicted molar refractivity (Wildman–Crippen MR) is 108 cm³/mol. The van der Waals surface area contributed by atoms with Gasteiger partial charge in [0.15, 0.2) is 5.13 Å². The number of aromatic nitrogens is 2. The largest absolute Gasteiger partial charge is 0.457 e. The van der Waals surface area contributed by atoms with Gasteiger partial charge in [0.25, 0.3) is 0 Å². The quantitative estimate of drug-likeness (QED) is 0.546. The summed E-state index contributed by atoms with van der Waals surface area (Å²) >= 11 is 2.45. The number of ether oxygens (including phenoxy) is 1. The van der Waals surface area contributed by atoms with Gasteiger partial charge in [0, 0.05) is 17.1 Å². The van der Waals surface area contributed by atoms with E-state index < -0.39 is 0 Å². The van der Waals surface area contributed by atoms with Gasteiger partial charge in [-0.2, -0.15) is 0 Å². The minimum Gasteiger partial charge on any atom is -0.457 e. The van der Waals surface area contributed by atoms with Gasteiger partial charge in [-0.3, -0.25) is 14.2 Å². The van der Waals surface area contributed by atoms with Crippen LogP contribution in [0.4, 0.5) is 5.13 Å². The lowest BCUT2D eigenvalue weighted by atomic mass is 10.3. The first-order valence-electron chi connectivity index (χ1n) is 8.17. The SMILES string of the molecule is Cc1csc(=O)n1CC(=O)Nc1nc2ccc(Oc3ccccc3)cc2s1. The number of thiazole rings is 2. The molecule has 1 amide bonds. The van der Waals surface area contributed by atoms with Crippen LogP contribution < -0.4 is 14.9 Å². The number of para-hydroxylation sites is 1. The van der Waals surface area contributed by atoms with E-state index in [1.54, 1.807) is 12.3 Å². The molecule has 0 aliphatic rings. The molecule has 0 aliphatic heterocycles. The molecular weight excluding hydrogens is 382 g/mol. The van der Waals surface area contributed by atoms with Crippen molar-refractivity contribution < 1.29 is 9.53 Å². The maximum absolute atomic E-state index is 12.2. The van der Waals surface area contributed by atoms with Crippen molar-refractivity contribution in [2.75, 3.05) is 5.32 Å². The lowest BCUT2D eigenvalue weighted by Crippen LogP contribution is -2.25. The summed E-state index contributed by atoms with van der Waals surface area (Å²) in [5, 5.41) is 5.00. The molecule has 136 valence electrons. The Balaban J connectivity index is 1.50. The summed E-state index contributed by atoms with van der Waals surface area (Å²) in [4.78, 5) is 28.3. The summed E-state index contributed by atoms with van der Waals surface area (Å²) in [5.74, 6) is 1.18. The lowest BCUT2D eigenvalue weighted by Gasteiger charge is -2.04.